The molecule has 4 rings (SSSR count). The normalized spacial score (nSPS) is 11.0. The van der Waals surface area contributed by atoms with Crippen LogP contribution in [0.2, 0.25) is 5.02 Å². The zero-order valence-corrected chi connectivity index (χ0v) is 16.2. The van der Waals surface area contributed by atoms with Crippen molar-refractivity contribution in [2.24, 2.45) is 0 Å². The summed E-state index contributed by atoms with van der Waals surface area (Å²) in [5.41, 5.74) is 3.24. The highest BCUT2D eigenvalue weighted by atomic mass is 79.9. The predicted molar refractivity (Wildman–Crippen MR) is 109 cm³/mol. The second kappa shape index (κ2) is 7.52. The lowest BCUT2D eigenvalue weighted by Crippen LogP contribution is -2.08. The van der Waals surface area contributed by atoms with Gasteiger partial charge in [-0.05, 0) is 42.0 Å². The van der Waals surface area contributed by atoms with E-state index in [1.165, 1.54) is 5.56 Å². The number of ether oxygens (including phenoxy) is 1. The molecule has 0 saturated carbocycles. The molecule has 0 spiro atoms. The molecule has 0 saturated heterocycles. The first-order chi connectivity index (χ1) is 12.7. The second-order valence-corrected chi connectivity index (χ2v) is 7.27. The van der Waals surface area contributed by atoms with Gasteiger partial charge in [-0.25, -0.2) is 4.98 Å². The van der Waals surface area contributed by atoms with E-state index in [-0.39, 0.29) is 0 Å². The van der Waals surface area contributed by atoms with Crippen LogP contribution >= 0.6 is 27.5 Å². The van der Waals surface area contributed by atoms with Gasteiger partial charge in [0.1, 0.15) is 18.2 Å². The lowest BCUT2D eigenvalue weighted by Gasteiger charge is -2.11. The number of benzene rings is 3. The van der Waals surface area contributed by atoms with Gasteiger partial charge in [-0.2, -0.15) is 0 Å². The molecule has 0 fully saturated rings. The van der Waals surface area contributed by atoms with Crippen molar-refractivity contribution in [2.75, 3.05) is 0 Å². The zero-order chi connectivity index (χ0) is 17.9. The van der Waals surface area contributed by atoms with E-state index < -0.39 is 0 Å². The first-order valence-corrected chi connectivity index (χ1v) is 9.44. The van der Waals surface area contributed by atoms with Crippen molar-refractivity contribution in [1.29, 1.82) is 0 Å². The first-order valence-electron chi connectivity index (χ1n) is 8.26. The lowest BCUT2D eigenvalue weighted by molar-refractivity contribution is 0.291. The van der Waals surface area contributed by atoms with Gasteiger partial charge in [0, 0.05) is 11.0 Å². The third-order valence-electron chi connectivity index (χ3n) is 4.16. The Hall–Kier alpha value is -2.30. The Labute approximate surface area is 165 Å². The highest BCUT2D eigenvalue weighted by Gasteiger charge is 2.12. The average molecular weight is 428 g/mol. The molecule has 0 bridgehead atoms. The molecule has 0 radical (unpaired) electrons. The van der Waals surface area contributed by atoms with E-state index in [1.54, 1.807) is 0 Å². The van der Waals surface area contributed by atoms with E-state index in [0.29, 0.717) is 17.4 Å². The summed E-state index contributed by atoms with van der Waals surface area (Å²) in [5, 5.41) is 0.599. The SMILES string of the molecule is Clc1ccccc1OCc1nc2ccccc2n1Cc1cccc(Br)c1. The van der Waals surface area contributed by atoms with E-state index in [1.807, 2.05) is 54.6 Å². The Morgan fingerprint density at radius 1 is 0.962 bits per heavy atom. The summed E-state index contributed by atoms with van der Waals surface area (Å²) in [6.07, 6.45) is 0. The molecule has 3 nitrogen and oxygen atoms in total. The number of rotatable bonds is 5. The highest BCUT2D eigenvalue weighted by Crippen LogP contribution is 2.25. The summed E-state index contributed by atoms with van der Waals surface area (Å²) in [6.45, 7) is 1.08. The van der Waals surface area contributed by atoms with Crippen molar-refractivity contribution in [2.45, 2.75) is 13.2 Å². The number of nitrogens with zero attached hydrogens (tertiary/aromatic N) is 2. The summed E-state index contributed by atoms with van der Waals surface area (Å²) in [7, 11) is 0. The third-order valence-corrected chi connectivity index (χ3v) is 4.96. The number of hydrogen-bond donors (Lipinski definition) is 0. The number of halogens is 2. The fraction of sp³-hybridized carbons (Fsp3) is 0.0952. The van der Waals surface area contributed by atoms with Crippen LogP contribution in [0.25, 0.3) is 11.0 Å². The average Bonchev–Trinajstić information content (AvgIpc) is 2.99. The van der Waals surface area contributed by atoms with Crippen molar-refractivity contribution >= 4 is 38.6 Å². The van der Waals surface area contributed by atoms with Gasteiger partial charge >= 0.3 is 0 Å². The standard InChI is InChI=1S/C21H16BrClN2O/c22-16-7-5-6-15(12-16)13-25-19-10-3-2-9-18(19)24-21(25)14-26-20-11-4-1-8-17(20)23/h1-12H,13-14H2. The maximum atomic E-state index is 6.20. The molecule has 3 aromatic carbocycles. The number of aromatic nitrogens is 2. The fourth-order valence-corrected chi connectivity index (χ4v) is 3.57. The number of fused-ring (bicyclic) bond motifs is 1. The van der Waals surface area contributed by atoms with Crippen LogP contribution in [0.4, 0.5) is 0 Å². The molecule has 4 aromatic rings. The van der Waals surface area contributed by atoms with Crippen LogP contribution < -0.4 is 4.74 Å². The summed E-state index contributed by atoms with van der Waals surface area (Å²) < 4.78 is 9.18. The topological polar surface area (TPSA) is 27.1 Å². The molecule has 1 aromatic heterocycles. The molecular weight excluding hydrogens is 412 g/mol. The molecule has 0 aliphatic rings. The second-order valence-electron chi connectivity index (χ2n) is 5.95. The van der Waals surface area contributed by atoms with E-state index in [9.17, 15) is 0 Å². The van der Waals surface area contributed by atoms with Crippen LogP contribution in [0.5, 0.6) is 5.75 Å². The van der Waals surface area contributed by atoms with Crippen LogP contribution in [0.1, 0.15) is 11.4 Å². The molecule has 130 valence electrons. The Morgan fingerprint density at radius 2 is 1.77 bits per heavy atom. The minimum Gasteiger partial charge on any atom is -0.484 e. The van der Waals surface area contributed by atoms with Gasteiger partial charge in [0.05, 0.1) is 16.1 Å². The molecule has 26 heavy (non-hydrogen) atoms. The molecule has 0 amide bonds. The van der Waals surface area contributed by atoms with Gasteiger partial charge in [0.25, 0.3) is 0 Å². The van der Waals surface area contributed by atoms with Gasteiger partial charge in [0.15, 0.2) is 0 Å². The van der Waals surface area contributed by atoms with E-state index in [4.69, 9.17) is 21.3 Å². The van der Waals surface area contributed by atoms with Crippen molar-refractivity contribution < 1.29 is 4.74 Å². The number of para-hydroxylation sites is 3. The van der Waals surface area contributed by atoms with Gasteiger partial charge in [-0.3, -0.25) is 0 Å². The largest absolute Gasteiger partial charge is 0.484 e. The van der Waals surface area contributed by atoms with Crippen LogP contribution in [-0.4, -0.2) is 9.55 Å². The molecule has 5 heteroatoms. The molecule has 0 unspecified atom stereocenters. The van der Waals surface area contributed by atoms with Gasteiger partial charge in [-0.1, -0.05) is 63.9 Å². The maximum Gasteiger partial charge on any atom is 0.148 e. The molecule has 1 heterocycles. The highest BCUT2D eigenvalue weighted by molar-refractivity contribution is 9.10. The smallest absolute Gasteiger partial charge is 0.148 e. The van der Waals surface area contributed by atoms with Gasteiger partial charge < -0.3 is 9.30 Å². The Bertz CT molecular complexity index is 1060. The van der Waals surface area contributed by atoms with E-state index >= 15 is 0 Å². The van der Waals surface area contributed by atoms with Crippen molar-refractivity contribution in [3.63, 3.8) is 0 Å². The van der Waals surface area contributed by atoms with Crippen LogP contribution in [0.3, 0.4) is 0 Å². The molecule has 0 N–H and O–H groups in total. The summed E-state index contributed by atoms with van der Waals surface area (Å²) in [4.78, 5) is 4.76. The molecule has 0 aliphatic heterocycles. The minimum atomic E-state index is 0.354. The molecule has 0 aliphatic carbocycles. The van der Waals surface area contributed by atoms with E-state index in [2.05, 4.69) is 38.7 Å². The number of hydrogen-bond acceptors (Lipinski definition) is 2. The van der Waals surface area contributed by atoms with Crippen molar-refractivity contribution in [3.8, 4) is 5.75 Å². The Kier molecular flexibility index (Phi) is 4.96. The van der Waals surface area contributed by atoms with E-state index in [0.717, 1.165) is 27.9 Å². The fourth-order valence-electron chi connectivity index (χ4n) is 2.93. The summed E-state index contributed by atoms with van der Waals surface area (Å²) in [6, 6.07) is 23.9. The van der Waals surface area contributed by atoms with Crippen LogP contribution in [-0.2, 0) is 13.2 Å². The predicted octanol–water partition coefficient (Wildman–Crippen LogP) is 6.08. The van der Waals surface area contributed by atoms with Crippen LogP contribution in [0, 0.1) is 0 Å². The van der Waals surface area contributed by atoms with Crippen LogP contribution in [0.15, 0.2) is 77.3 Å². The number of imidazole rings is 1. The quantitative estimate of drug-likeness (QED) is 0.386. The molecular formula is C21H16BrClN2O. The van der Waals surface area contributed by atoms with Crippen molar-refractivity contribution in [3.05, 3.63) is 93.7 Å². The maximum absolute atomic E-state index is 6.20. The lowest BCUT2D eigenvalue weighted by atomic mass is 10.2. The van der Waals surface area contributed by atoms with Gasteiger partial charge in [0.2, 0.25) is 0 Å². The Balaban J connectivity index is 1.68. The summed E-state index contributed by atoms with van der Waals surface area (Å²) in [5.74, 6) is 1.53. The minimum absolute atomic E-state index is 0.354. The first kappa shape index (κ1) is 17.1. The Morgan fingerprint density at radius 3 is 2.62 bits per heavy atom. The van der Waals surface area contributed by atoms with Gasteiger partial charge in [-0.15, -0.1) is 0 Å². The monoisotopic (exact) mass is 426 g/mol. The zero-order valence-electron chi connectivity index (χ0n) is 13.9. The summed E-state index contributed by atoms with van der Waals surface area (Å²) >= 11 is 9.74. The molecule has 0 atom stereocenters. The third kappa shape index (κ3) is 3.62. The van der Waals surface area contributed by atoms with Crippen molar-refractivity contribution in [1.82, 2.24) is 9.55 Å².